The van der Waals surface area contributed by atoms with Crippen LogP contribution in [-0.4, -0.2) is 45.2 Å². The summed E-state index contributed by atoms with van der Waals surface area (Å²) in [6.07, 6.45) is 0. The molecule has 1 amide bonds. The Morgan fingerprint density at radius 1 is 1.06 bits per heavy atom. The summed E-state index contributed by atoms with van der Waals surface area (Å²) < 4.78 is 39.4. The van der Waals surface area contributed by atoms with Crippen LogP contribution in [0.25, 0.3) is 10.9 Å². The summed E-state index contributed by atoms with van der Waals surface area (Å²) in [5.41, 5.74) is 0.728. The Kier molecular flexibility index (Phi) is 7.27. The van der Waals surface area contributed by atoms with Gasteiger partial charge in [0, 0.05) is 15.9 Å². The number of sulfonamides is 1. The van der Waals surface area contributed by atoms with Crippen LogP contribution in [0.2, 0.25) is 0 Å². The molecule has 4 rings (SSSR count). The lowest BCUT2D eigenvalue weighted by Crippen LogP contribution is -2.35. The van der Waals surface area contributed by atoms with Gasteiger partial charge in [0.15, 0.2) is 5.69 Å². The van der Waals surface area contributed by atoms with Crippen molar-refractivity contribution in [2.75, 3.05) is 25.1 Å². The smallest absolute Gasteiger partial charge is 0.285 e. The first-order chi connectivity index (χ1) is 17.2. The van der Waals surface area contributed by atoms with E-state index in [1.165, 1.54) is 38.5 Å². The monoisotopic (exact) mass is 572 g/mol. The number of methoxy groups -OCH3 is 2. The van der Waals surface area contributed by atoms with Crippen LogP contribution in [0.15, 0.2) is 86.3 Å². The maximum atomic E-state index is 13.6. The summed E-state index contributed by atoms with van der Waals surface area (Å²) in [4.78, 5) is 15.7. The number of hydrogen-bond donors (Lipinski definition) is 2. The van der Waals surface area contributed by atoms with Crippen molar-refractivity contribution >= 4 is 54.1 Å². The number of aromatic amines is 1. The highest BCUT2D eigenvalue weighted by atomic mass is 79.9. The quantitative estimate of drug-likeness (QED) is 0.280. The number of aromatic hydroxyl groups is 1. The molecule has 0 aliphatic rings. The zero-order valence-electron chi connectivity index (χ0n) is 19.2. The van der Waals surface area contributed by atoms with Crippen molar-refractivity contribution in [2.24, 2.45) is 10.2 Å². The van der Waals surface area contributed by atoms with Crippen LogP contribution in [0.4, 0.5) is 11.4 Å². The van der Waals surface area contributed by atoms with Crippen molar-refractivity contribution in [3.8, 4) is 17.4 Å². The Morgan fingerprint density at radius 2 is 1.81 bits per heavy atom. The molecule has 12 heteroatoms. The number of anilines is 1. The number of nitrogens with one attached hydrogen (secondary N) is 1. The SMILES string of the molecule is COc1ccc(OC)c(N(CC(=O)N=Nc2c(O)[nH]c3ccc(Br)cc23)S(=O)(=O)c2ccccc2)c1. The van der Waals surface area contributed by atoms with E-state index in [0.717, 1.165) is 8.78 Å². The molecule has 0 aliphatic carbocycles. The minimum absolute atomic E-state index is 0.0289. The standard InChI is InChI=1S/C24H21BrN4O6S/c1-34-16-9-11-21(35-2)20(13-16)29(36(32,33)17-6-4-3-5-7-17)14-22(30)27-28-23-18-12-15(25)8-10-19(18)26-24(23)31/h3-13,26,31H,14H2,1-2H3. The fraction of sp³-hybridized carbons (Fsp3) is 0.125. The van der Waals surface area contributed by atoms with E-state index in [2.05, 4.69) is 31.1 Å². The third-order valence-electron chi connectivity index (χ3n) is 5.24. The van der Waals surface area contributed by atoms with Gasteiger partial charge in [0.05, 0.1) is 30.3 Å². The van der Waals surface area contributed by atoms with Crippen LogP contribution in [0, 0.1) is 0 Å². The number of azo groups is 1. The fourth-order valence-corrected chi connectivity index (χ4v) is 5.31. The van der Waals surface area contributed by atoms with Gasteiger partial charge < -0.3 is 19.6 Å². The van der Waals surface area contributed by atoms with Gasteiger partial charge in [-0.2, -0.15) is 0 Å². The molecule has 4 aromatic rings. The maximum absolute atomic E-state index is 13.6. The fourth-order valence-electron chi connectivity index (χ4n) is 3.51. The van der Waals surface area contributed by atoms with E-state index >= 15 is 0 Å². The second-order valence-electron chi connectivity index (χ2n) is 7.47. The lowest BCUT2D eigenvalue weighted by Gasteiger charge is -2.25. The van der Waals surface area contributed by atoms with Crippen molar-refractivity contribution in [3.05, 3.63) is 71.2 Å². The van der Waals surface area contributed by atoms with Crippen LogP contribution in [0.3, 0.4) is 0 Å². The second-order valence-corrected chi connectivity index (χ2v) is 10.2. The lowest BCUT2D eigenvalue weighted by atomic mass is 10.2. The van der Waals surface area contributed by atoms with E-state index in [0.29, 0.717) is 16.7 Å². The first kappa shape index (κ1) is 25.2. The summed E-state index contributed by atoms with van der Waals surface area (Å²) in [5, 5.41) is 18.4. The number of carbonyl (C=O) groups excluding carboxylic acids is 1. The van der Waals surface area contributed by atoms with Crippen LogP contribution in [0.1, 0.15) is 0 Å². The largest absolute Gasteiger partial charge is 0.497 e. The van der Waals surface area contributed by atoms with Crippen LogP contribution in [0.5, 0.6) is 17.4 Å². The van der Waals surface area contributed by atoms with Crippen LogP contribution < -0.4 is 13.8 Å². The Hall–Kier alpha value is -3.90. The Labute approximate surface area is 215 Å². The van der Waals surface area contributed by atoms with Gasteiger partial charge in [-0.05, 0) is 42.5 Å². The van der Waals surface area contributed by atoms with Gasteiger partial charge in [0.25, 0.3) is 15.9 Å². The molecule has 0 spiro atoms. The molecule has 1 aromatic heterocycles. The number of ether oxygens (including phenoxy) is 2. The molecular weight excluding hydrogens is 552 g/mol. The average molecular weight is 573 g/mol. The first-order valence-corrected chi connectivity index (χ1v) is 12.7. The van der Waals surface area contributed by atoms with Crippen molar-refractivity contribution in [1.82, 2.24) is 4.98 Å². The van der Waals surface area contributed by atoms with E-state index in [1.807, 2.05) is 0 Å². The molecule has 10 nitrogen and oxygen atoms in total. The van der Waals surface area contributed by atoms with E-state index < -0.39 is 22.5 Å². The van der Waals surface area contributed by atoms with Gasteiger partial charge in [-0.1, -0.05) is 34.1 Å². The number of carbonyl (C=O) groups is 1. The van der Waals surface area contributed by atoms with Gasteiger partial charge in [-0.3, -0.25) is 9.10 Å². The van der Waals surface area contributed by atoms with Crippen LogP contribution >= 0.6 is 15.9 Å². The Morgan fingerprint density at radius 3 is 2.50 bits per heavy atom. The molecule has 1 heterocycles. The molecule has 0 fully saturated rings. The van der Waals surface area contributed by atoms with E-state index in [1.54, 1.807) is 42.5 Å². The number of nitrogens with zero attached hydrogens (tertiary/aromatic N) is 3. The summed E-state index contributed by atoms with van der Waals surface area (Å²) in [7, 11) is -1.39. The van der Waals surface area contributed by atoms with Gasteiger partial charge >= 0.3 is 0 Å². The third-order valence-corrected chi connectivity index (χ3v) is 7.51. The topological polar surface area (TPSA) is 134 Å². The Bertz CT molecular complexity index is 1550. The summed E-state index contributed by atoms with van der Waals surface area (Å²) >= 11 is 3.35. The second kappa shape index (κ2) is 10.4. The number of hydrogen-bond acceptors (Lipinski definition) is 7. The number of benzene rings is 3. The highest BCUT2D eigenvalue weighted by molar-refractivity contribution is 9.10. The number of halogens is 1. The Balaban J connectivity index is 1.74. The van der Waals surface area contributed by atoms with Gasteiger partial charge in [0.2, 0.25) is 5.88 Å². The molecular formula is C24H21BrN4O6S. The average Bonchev–Trinajstić information content (AvgIpc) is 3.19. The summed E-state index contributed by atoms with van der Waals surface area (Å²) in [6.45, 7) is -0.683. The number of fused-ring (bicyclic) bond motifs is 1. The highest BCUT2D eigenvalue weighted by Crippen LogP contribution is 2.38. The predicted octanol–water partition coefficient (Wildman–Crippen LogP) is 5.16. The highest BCUT2D eigenvalue weighted by Gasteiger charge is 2.30. The van der Waals surface area contributed by atoms with E-state index in [4.69, 9.17) is 9.47 Å². The molecule has 36 heavy (non-hydrogen) atoms. The zero-order valence-corrected chi connectivity index (χ0v) is 21.6. The number of aromatic nitrogens is 1. The van der Waals surface area contributed by atoms with E-state index in [-0.39, 0.29) is 27.9 Å². The summed E-state index contributed by atoms with van der Waals surface area (Å²) in [6, 6.07) is 17.5. The molecule has 186 valence electrons. The number of H-pyrrole nitrogens is 1. The van der Waals surface area contributed by atoms with E-state index in [9.17, 15) is 18.3 Å². The van der Waals surface area contributed by atoms with Gasteiger partial charge in [-0.15, -0.1) is 10.2 Å². The van der Waals surface area contributed by atoms with Crippen molar-refractivity contribution in [2.45, 2.75) is 4.90 Å². The minimum Gasteiger partial charge on any atom is -0.497 e. The third kappa shape index (κ3) is 5.04. The van der Waals surface area contributed by atoms with Crippen LogP contribution in [-0.2, 0) is 14.8 Å². The molecule has 3 aromatic carbocycles. The molecule has 0 radical (unpaired) electrons. The predicted molar refractivity (Wildman–Crippen MR) is 138 cm³/mol. The molecule has 0 saturated carbocycles. The van der Waals surface area contributed by atoms with Crippen molar-refractivity contribution in [3.63, 3.8) is 0 Å². The lowest BCUT2D eigenvalue weighted by molar-refractivity contribution is -0.116. The van der Waals surface area contributed by atoms with Crippen molar-refractivity contribution in [1.29, 1.82) is 0 Å². The normalized spacial score (nSPS) is 11.6. The molecule has 0 bridgehead atoms. The first-order valence-electron chi connectivity index (χ1n) is 10.5. The number of rotatable bonds is 8. The van der Waals surface area contributed by atoms with Gasteiger partial charge in [-0.25, -0.2) is 8.42 Å². The summed E-state index contributed by atoms with van der Waals surface area (Å²) in [5.74, 6) is -0.576. The molecule has 0 saturated heterocycles. The van der Waals surface area contributed by atoms with Crippen molar-refractivity contribution < 1.29 is 27.8 Å². The maximum Gasteiger partial charge on any atom is 0.285 e. The molecule has 0 unspecified atom stereocenters. The molecule has 2 N–H and O–H groups in total. The van der Waals surface area contributed by atoms with Gasteiger partial charge in [0.1, 0.15) is 18.0 Å². The zero-order chi connectivity index (χ0) is 25.9. The minimum atomic E-state index is -4.21. The molecule has 0 aliphatic heterocycles. The number of amides is 1. The molecule has 0 atom stereocenters.